The maximum atomic E-state index is 11.3. The number of pyridine rings is 1. The first-order chi connectivity index (χ1) is 8.20. The maximum Gasteiger partial charge on any atom is 0.239 e. The minimum absolute atomic E-state index is 0.00583. The Labute approximate surface area is 101 Å². The highest BCUT2D eigenvalue weighted by Crippen LogP contribution is 2.17. The molecule has 0 bridgehead atoms. The largest absolute Gasteiger partial charge is 0.359 e. The van der Waals surface area contributed by atoms with Gasteiger partial charge in [-0.05, 0) is 18.6 Å². The van der Waals surface area contributed by atoms with Crippen LogP contribution in [0.3, 0.4) is 0 Å². The number of nitrogens with zero attached hydrogens (tertiary/aromatic N) is 2. The quantitative estimate of drug-likeness (QED) is 0.795. The van der Waals surface area contributed by atoms with Crippen LogP contribution in [0.25, 0.3) is 0 Å². The van der Waals surface area contributed by atoms with E-state index in [4.69, 9.17) is 5.73 Å². The van der Waals surface area contributed by atoms with Gasteiger partial charge in [0, 0.05) is 19.1 Å². The maximum absolute atomic E-state index is 11.3. The summed E-state index contributed by atoms with van der Waals surface area (Å²) in [5.74, 6) is 0.0607. The number of nitrogens with two attached hydrogens (primary N) is 1. The molecule has 3 N–H and O–H groups in total. The van der Waals surface area contributed by atoms with Crippen LogP contribution in [0.1, 0.15) is 25.1 Å². The molecule has 5 nitrogen and oxygen atoms in total. The van der Waals surface area contributed by atoms with Crippen molar-refractivity contribution in [3.05, 3.63) is 24.0 Å². The molecule has 17 heavy (non-hydrogen) atoms. The zero-order chi connectivity index (χ0) is 12.3. The standard InChI is InChI=1S/C12H18N4O/c1-2-10(13)11-4-3-9(7-15-11)16-6-5-14-12(17)8-16/h3-4,7,10H,2,5-6,8,13H2,1H3,(H,14,17)/t10-/m1/s1. The Morgan fingerprint density at radius 3 is 3.00 bits per heavy atom. The molecule has 0 unspecified atom stereocenters. The van der Waals surface area contributed by atoms with Gasteiger partial charge in [-0.2, -0.15) is 0 Å². The third kappa shape index (κ3) is 2.74. The molecule has 0 saturated carbocycles. The molecule has 1 saturated heterocycles. The van der Waals surface area contributed by atoms with E-state index in [0.717, 1.165) is 24.3 Å². The number of nitrogens with one attached hydrogen (secondary N) is 1. The van der Waals surface area contributed by atoms with E-state index in [1.54, 1.807) is 6.20 Å². The van der Waals surface area contributed by atoms with Crippen molar-refractivity contribution in [2.24, 2.45) is 5.73 Å². The molecule has 0 aromatic carbocycles. The Kier molecular flexibility index (Phi) is 3.58. The van der Waals surface area contributed by atoms with E-state index in [0.29, 0.717) is 13.1 Å². The molecule has 2 heterocycles. The van der Waals surface area contributed by atoms with Crippen LogP contribution in [0, 0.1) is 0 Å². The average molecular weight is 234 g/mol. The predicted molar refractivity (Wildman–Crippen MR) is 66.7 cm³/mol. The summed E-state index contributed by atoms with van der Waals surface area (Å²) in [5.41, 5.74) is 7.78. The lowest BCUT2D eigenvalue weighted by Crippen LogP contribution is -2.47. The van der Waals surface area contributed by atoms with Crippen molar-refractivity contribution in [3.63, 3.8) is 0 Å². The third-order valence-electron chi connectivity index (χ3n) is 2.99. The molecule has 0 radical (unpaired) electrons. The number of rotatable bonds is 3. The molecule has 0 spiro atoms. The lowest BCUT2D eigenvalue weighted by atomic mass is 10.1. The molecule has 1 amide bonds. The number of carbonyl (C=O) groups is 1. The molecule has 1 aliphatic heterocycles. The summed E-state index contributed by atoms with van der Waals surface area (Å²) in [4.78, 5) is 17.6. The van der Waals surface area contributed by atoms with E-state index < -0.39 is 0 Å². The van der Waals surface area contributed by atoms with Gasteiger partial charge in [-0.3, -0.25) is 9.78 Å². The summed E-state index contributed by atoms with van der Waals surface area (Å²) in [6.07, 6.45) is 2.67. The number of piperazine rings is 1. The summed E-state index contributed by atoms with van der Waals surface area (Å²) < 4.78 is 0. The molecule has 92 valence electrons. The molecule has 5 heteroatoms. The predicted octanol–water partition coefficient (Wildman–Crippen LogP) is 0.428. The zero-order valence-corrected chi connectivity index (χ0v) is 10.0. The molecule has 1 aromatic rings. The van der Waals surface area contributed by atoms with Gasteiger partial charge in [-0.1, -0.05) is 6.92 Å². The van der Waals surface area contributed by atoms with E-state index in [1.807, 2.05) is 24.0 Å². The van der Waals surface area contributed by atoms with Crippen molar-refractivity contribution in [1.29, 1.82) is 0 Å². The van der Waals surface area contributed by atoms with Crippen LogP contribution in [0.4, 0.5) is 5.69 Å². The fourth-order valence-corrected chi connectivity index (χ4v) is 1.87. The SMILES string of the molecule is CC[C@@H](N)c1ccc(N2CCNC(=O)C2)cn1. The fraction of sp³-hybridized carbons (Fsp3) is 0.500. The number of hydrogen-bond donors (Lipinski definition) is 2. The molecule has 1 aliphatic rings. The van der Waals surface area contributed by atoms with Crippen LogP contribution < -0.4 is 16.0 Å². The normalized spacial score (nSPS) is 17.8. The monoisotopic (exact) mass is 234 g/mol. The summed E-state index contributed by atoms with van der Waals surface area (Å²) in [7, 11) is 0. The van der Waals surface area contributed by atoms with Crippen molar-refractivity contribution in [2.45, 2.75) is 19.4 Å². The van der Waals surface area contributed by atoms with Gasteiger partial charge in [-0.25, -0.2) is 0 Å². The van der Waals surface area contributed by atoms with Crippen LogP contribution in [0.15, 0.2) is 18.3 Å². The first-order valence-electron chi connectivity index (χ1n) is 5.94. The summed E-state index contributed by atoms with van der Waals surface area (Å²) >= 11 is 0. The van der Waals surface area contributed by atoms with Crippen LogP contribution in [0.2, 0.25) is 0 Å². The summed E-state index contributed by atoms with van der Waals surface area (Å²) in [5, 5.41) is 2.80. The second-order valence-electron chi connectivity index (χ2n) is 4.23. The molecule has 0 aliphatic carbocycles. The second kappa shape index (κ2) is 5.14. The van der Waals surface area contributed by atoms with Gasteiger partial charge in [0.05, 0.1) is 24.1 Å². The highest BCUT2D eigenvalue weighted by atomic mass is 16.2. The Morgan fingerprint density at radius 2 is 2.41 bits per heavy atom. The van der Waals surface area contributed by atoms with Gasteiger partial charge < -0.3 is 16.0 Å². The van der Waals surface area contributed by atoms with E-state index in [9.17, 15) is 4.79 Å². The van der Waals surface area contributed by atoms with Gasteiger partial charge in [0.1, 0.15) is 0 Å². The lowest BCUT2D eigenvalue weighted by molar-refractivity contribution is -0.120. The number of amides is 1. The van der Waals surface area contributed by atoms with Gasteiger partial charge in [0.2, 0.25) is 5.91 Å². The first-order valence-corrected chi connectivity index (χ1v) is 5.94. The highest BCUT2D eigenvalue weighted by molar-refractivity contribution is 5.82. The highest BCUT2D eigenvalue weighted by Gasteiger charge is 2.16. The number of hydrogen-bond acceptors (Lipinski definition) is 4. The average Bonchev–Trinajstić information content (AvgIpc) is 2.38. The second-order valence-corrected chi connectivity index (χ2v) is 4.23. The Hall–Kier alpha value is -1.62. The number of aromatic nitrogens is 1. The van der Waals surface area contributed by atoms with Gasteiger partial charge in [0.25, 0.3) is 0 Å². The molecule has 1 fully saturated rings. The minimum Gasteiger partial charge on any atom is -0.359 e. The lowest BCUT2D eigenvalue weighted by Gasteiger charge is -2.28. The van der Waals surface area contributed by atoms with Crippen molar-refractivity contribution in [1.82, 2.24) is 10.3 Å². The van der Waals surface area contributed by atoms with Crippen LogP contribution >= 0.6 is 0 Å². The molecular weight excluding hydrogens is 216 g/mol. The van der Waals surface area contributed by atoms with Gasteiger partial charge >= 0.3 is 0 Å². The van der Waals surface area contributed by atoms with Gasteiger partial charge in [-0.15, -0.1) is 0 Å². The Morgan fingerprint density at radius 1 is 1.59 bits per heavy atom. The minimum atomic E-state index is -0.00583. The molecule has 2 rings (SSSR count). The van der Waals surface area contributed by atoms with Crippen molar-refractivity contribution in [3.8, 4) is 0 Å². The van der Waals surface area contributed by atoms with Crippen molar-refractivity contribution < 1.29 is 4.79 Å². The fourth-order valence-electron chi connectivity index (χ4n) is 1.87. The van der Waals surface area contributed by atoms with Crippen molar-refractivity contribution >= 4 is 11.6 Å². The van der Waals surface area contributed by atoms with Crippen LogP contribution in [-0.4, -0.2) is 30.5 Å². The summed E-state index contributed by atoms with van der Waals surface area (Å²) in [6, 6.07) is 3.92. The smallest absolute Gasteiger partial charge is 0.239 e. The van der Waals surface area contributed by atoms with Crippen LogP contribution in [0.5, 0.6) is 0 Å². The van der Waals surface area contributed by atoms with E-state index >= 15 is 0 Å². The van der Waals surface area contributed by atoms with E-state index in [2.05, 4.69) is 10.3 Å². The van der Waals surface area contributed by atoms with Crippen LogP contribution in [-0.2, 0) is 4.79 Å². The molecule has 1 atom stereocenters. The zero-order valence-electron chi connectivity index (χ0n) is 10.0. The number of anilines is 1. The van der Waals surface area contributed by atoms with E-state index in [1.165, 1.54) is 0 Å². The topological polar surface area (TPSA) is 71.2 Å². The summed E-state index contributed by atoms with van der Waals surface area (Å²) in [6.45, 7) is 3.96. The van der Waals surface area contributed by atoms with E-state index in [-0.39, 0.29) is 11.9 Å². The third-order valence-corrected chi connectivity index (χ3v) is 2.99. The van der Waals surface area contributed by atoms with Crippen molar-refractivity contribution in [2.75, 3.05) is 24.5 Å². The number of carbonyl (C=O) groups excluding carboxylic acids is 1. The van der Waals surface area contributed by atoms with Gasteiger partial charge in [0.15, 0.2) is 0 Å². The Balaban J connectivity index is 2.09. The molecular formula is C12H18N4O. The molecule has 1 aromatic heterocycles. The first kappa shape index (κ1) is 11.9. The Bertz CT molecular complexity index is 390.